The number of anilines is 2. The second-order valence-electron chi connectivity index (χ2n) is 10.2. The van der Waals surface area contributed by atoms with Gasteiger partial charge in [-0.05, 0) is 42.8 Å². The van der Waals surface area contributed by atoms with E-state index in [0.717, 1.165) is 22.6 Å². The Hall–Kier alpha value is -4.28. The van der Waals surface area contributed by atoms with E-state index in [-0.39, 0.29) is 11.1 Å². The molecule has 0 radical (unpaired) electrons. The summed E-state index contributed by atoms with van der Waals surface area (Å²) in [5, 5.41) is 10.1. The molecule has 2 aromatic carbocycles. The third-order valence-electron chi connectivity index (χ3n) is 5.89. The van der Waals surface area contributed by atoms with Crippen molar-refractivity contribution in [1.82, 2.24) is 14.8 Å². The van der Waals surface area contributed by atoms with Crippen molar-refractivity contribution < 1.29 is 23.4 Å². The first-order valence-corrected chi connectivity index (χ1v) is 12.9. The van der Waals surface area contributed by atoms with E-state index < -0.39 is 11.8 Å². The predicted molar refractivity (Wildman–Crippen MR) is 152 cm³/mol. The van der Waals surface area contributed by atoms with Crippen molar-refractivity contribution in [3.05, 3.63) is 89.6 Å². The molecule has 2 aromatic heterocycles. The second kappa shape index (κ2) is 12.7. The number of aryl methyl sites for hydroxylation is 1. The van der Waals surface area contributed by atoms with E-state index in [2.05, 4.69) is 15.6 Å². The van der Waals surface area contributed by atoms with Crippen LogP contribution in [0.4, 0.5) is 20.7 Å². The van der Waals surface area contributed by atoms with Gasteiger partial charge in [0.2, 0.25) is 0 Å². The molecule has 0 fully saturated rings. The number of urea groups is 1. The van der Waals surface area contributed by atoms with Gasteiger partial charge in [0.25, 0.3) is 0 Å². The lowest BCUT2D eigenvalue weighted by Crippen LogP contribution is -2.22. The number of carbonyl (C=O) groups excluding carboxylic acids is 1. The number of carbonyl (C=O) groups is 1. The van der Waals surface area contributed by atoms with Crippen molar-refractivity contribution >= 4 is 17.5 Å². The number of ether oxygens (including phenoxy) is 3. The SMILES string of the molecule is COCCOCc1ccc(-n2nc(C(C)(C)C)cc2NC(=O)Nc2ccc(Oc3ccnc(C)c3)cc2F)cc1. The average molecular weight is 548 g/mol. The number of nitrogens with one attached hydrogen (secondary N) is 2. The molecule has 4 rings (SSSR count). The molecule has 4 aromatic rings. The third kappa shape index (κ3) is 7.64. The number of benzene rings is 2. The normalized spacial score (nSPS) is 11.3. The average Bonchev–Trinajstić information content (AvgIpc) is 3.33. The number of pyridine rings is 1. The van der Waals surface area contributed by atoms with Crippen LogP contribution in [0.2, 0.25) is 0 Å². The summed E-state index contributed by atoms with van der Waals surface area (Å²) in [5.41, 5.74) is 3.07. The smallest absolute Gasteiger partial charge is 0.324 e. The van der Waals surface area contributed by atoms with Crippen molar-refractivity contribution in [2.75, 3.05) is 31.0 Å². The number of hydrogen-bond acceptors (Lipinski definition) is 6. The standard InChI is InChI=1S/C30H34FN5O4/c1-20-16-24(12-13-32-20)40-23-10-11-26(25(31)17-23)33-29(37)34-28-18-27(30(2,3)4)35-36(28)22-8-6-21(7-9-22)19-39-15-14-38-5/h6-13,16-18H,14-15,19H2,1-5H3,(H2,33,34,37). The lowest BCUT2D eigenvalue weighted by atomic mass is 9.92. The minimum atomic E-state index is -0.634. The van der Waals surface area contributed by atoms with E-state index >= 15 is 0 Å². The van der Waals surface area contributed by atoms with Crippen LogP contribution in [0.3, 0.4) is 0 Å². The Morgan fingerprint density at radius 1 is 0.975 bits per heavy atom. The zero-order valence-electron chi connectivity index (χ0n) is 23.3. The number of hydrogen-bond donors (Lipinski definition) is 2. The van der Waals surface area contributed by atoms with E-state index in [0.29, 0.717) is 37.1 Å². The Balaban J connectivity index is 1.47. The van der Waals surface area contributed by atoms with Crippen LogP contribution in [0.5, 0.6) is 11.5 Å². The van der Waals surface area contributed by atoms with Gasteiger partial charge >= 0.3 is 6.03 Å². The molecule has 210 valence electrons. The van der Waals surface area contributed by atoms with Gasteiger partial charge in [0.15, 0.2) is 0 Å². The van der Waals surface area contributed by atoms with Crippen LogP contribution in [-0.4, -0.2) is 41.1 Å². The summed E-state index contributed by atoms with van der Waals surface area (Å²) in [6.07, 6.45) is 1.62. The van der Waals surface area contributed by atoms with Gasteiger partial charge in [-0.25, -0.2) is 13.9 Å². The van der Waals surface area contributed by atoms with Crippen LogP contribution in [0.25, 0.3) is 5.69 Å². The summed E-state index contributed by atoms with van der Waals surface area (Å²) in [5.74, 6) is 0.653. The van der Waals surface area contributed by atoms with Gasteiger partial charge < -0.3 is 19.5 Å². The van der Waals surface area contributed by atoms with Gasteiger partial charge in [-0.2, -0.15) is 5.10 Å². The van der Waals surface area contributed by atoms with Gasteiger partial charge in [-0.1, -0.05) is 32.9 Å². The molecule has 9 nitrogen and oxygen atoms in total. The molecule has 0 aliphatic rings. The predicted octanol–water partition coefficient (Wildman–Crippen LogP) is 6.61. The Morgan fingerprint density at radius 2 is 1.73 bits per heavy atom. The first kappa shape index (κ1) is 28.7. The van der Waals surface area contributed by atoms with Crippen molar-refractivity contribution in [3.8, 4) is 17.2 Å². The molecule has 0 aliphatic heterocycles. The Kier molecular flexibility index (Phi) is 9.13. The molecule has 0 atom stereocenters. The number of methoxy groups -OCH3 is 1. The zero-order chi connectivity index (χ0) is 28.7. The molecule has 0 saturated heterocycles. The van der Waals surface area contributed by atoms with Gasteiger partial charge in [0.1, 0.15) is 23.1 Å². The molecule has 2 amide bonds. The zero-order valence-corrected chi connectivity index (χ0v) is 23.3. The molecular formula is C30H34FN5O4. The Labute approximate surface area is 233 Å². The summed E-state index contributed by atoms with van der Waals surface area (Å²) < 4.78 is 32.8. The fraction of sp³-hybridized carbons (Fsp3) is 0.300. The second-order valence-corrected chi connectivity index (χ2v) is 10.2. The molecule has 0 unspecified atom stereocenters. The Bertz CT molecular complexity index is 1450. The highest BCUT2D eigenvalue weighted by molar-refractivity contribution is 5.99. The summed E-state index contributed by atoms with van der Waals surface area (Å²) in [6, 6.07) is 16.6. The molecule has 10 heteroatoms. The summed E-state index contributed by atoms with van der Waals surface area (Å²) >= 11 is 0. The minimum Gasteiger partial charge on any atom is -0.457 e. The largest absolute Gasteiger partial charge is 0.457 e. The van der Waals surface area contributed by atoms with Crippen molar-refractivity contribution in [1.29, 1.82) is 0 Å². The van der Waals surface area contributed by atoms with Crippen LogP contribution < -0.4 is 15.4 Å². The molecule has 0 spiro atoms. The molecule has 2 heterocycles. The maximum Gasteiger partial charge on any atom is 0.324 e. The number of amides is 2. The minimum absolute atomic E-state index is 0.00990. The van der Waals surface area contributed by atoms with E-state index in [1.54, 1.807) is 36.2 Å². The monoisotopic (exact) mass is 547 g/mol. The highest BCUT2D eigenvalue weighted by atomic mass is 19.1. The summed E-state index contributed by atoms with van der Waals surface area (Å²) in [7, 11) is 1.63. The summed E-state index contributed by atoms with van der Waals surface area (Å²) in [4.78, 5) is 17.0. The molecule has 0 aliphatic carbocycles. The van der Waals surface area contributed by atoms with E-state index in [1.807, 2.05) is 58.0 Å². The topological polar surface area (TPSA) is 99.5 Å². The fourth-order valence-electron chi connectivity index (χ4n) is 3.75. The third-order valence-corrected chi connectivity index (χ3v) is 5.89. The molecule has 40 heavy (non-hydrogen) atoms. The maximum absolute atomic E-state index is 14.8. The van der Waals surface area contributed by atoms with Crippen LogP contribution in [0.15, 0.2) is 66.9 Å². The number of nitrogens with zero attached hydrogens (tertiary/aromatic N) is 3. The lowest BCUT2D eigenvalue weighted by molar-refractivity contribution is 0.0616. The fourth-order valence-corrected chi connectivity index (χ4v) is 3.75. The number of aromatic nitrogens is 3. The van der Waals surface area contributed by atoms with Crippen molar-refractivity contribution in [2.24, 2.45) is 0 Å². The molecule has 0 saturated carbocycles. The van der Waals surface area contributed by atoms with Gasteiger partial charge in [0.05, 0.1) is 36.9 Å². The van der Waals surface area contributed by atoms with E-state index in [9.17, 15) is 9.18 Å². The quantitative estimate of drug-likeness (QED) is 0.217. The first-order chi connectivity index (χ1) is 19.1. The molecule has 2 N–H and O–H groups in total. The van der Waals surface area contributed by atoms with E-state index in [4.69, 9.17) is 19.3 Å². The molecular weight excluding hydrogens is 513 g/mol. The Morgan fingerprint density at radius 3 is 2.40 bits per heavy atom. The van der Waals surface area contributed by atoms with E-state index in [1.165, 1.54) is 12.1 Å². The van der Waals surface area contributed by atoms with Crippen LogP contribution in [0.1, 0.15) is 37.7 Å². The van der Waals surface area contributed by atoms with Crippen molar-refractivity contribution in [3.63, 3.8) is 0 Å². The molecule has 0 bridgehead atoms. The van der Waals surface area contributed by atoms with Crippen LogP contribution in [0, 0.1) is 12.7 Å². The van der Waals surface area contributed by atoms with Gasteiger partial charge in [-0.15, -0.1) is 0 Å². The van der Waals surface area contributed by atoms with Crippen molar-refractivity contribution in [2.45, 2.75) is 39.7 Å². The van der Waals surface area contributed by atoms with Crippen LogP contribution >= 0.6 is 0 Å². The van der Waals surface area contributed by atoms with Gasteiger partial charge in [-0.3, -0.25) is 10.3 Å². The first-order valence-electron chi connectivity index (χ1n) is 12.9. The van der Waals surface area contributed by atoms with Gasteiger partial charge in [0, 0.05) is 42.6 Å². The number of halogens is 1. The van der Waals surface area contributed by atoms with Crippen LogP contribution in [-0.2, 0) is 21.5 Å². The maximum atomic E-state index is 14.8. The number of rotatable bonds is 10. The summed E-state index contributed by atoms with van der Waals surface area (Å²) in [6.45, 7) is 9.45. The lowest BCUT2D eigenvalue weighted by Gasteiger charge is -2.14. The highest BCUT2D eigenvalue weighted by Gasteiger charge is 2.22. The highest BCUT2D eigenvalue weighted by Crippen LogP contribution is 2.28.